The van der Waals surface area contributed by atoms with Crippen molar-refractivity contribution in [2.45, 2.75) is 32.6 Å². The van der Waals surface area contributed by atoms with E-state index in [0.717, 1.165) is 5.56 Å². The number of hydrogen-bond acceptors (Lipinski definition) is 3. The highest BCUT2D eigenvalue weighted by Crippen LogP contribution is 2.21. The van der Waals surface area contributed by atoms with Crippen molar-refractivity contribution >= 4 is 21.6 Å². The van der Waals surface area contributed by atoms with E-state index in [9.17, 15) is 13.2 Å². The lowest BCUT2D eigenvalue weighted by Crippen LogP contribution is -2.27. The highest BCUT2D eigenvalue weighted by molar-refractivity contribution is 7.92. The maximum absolute atomic E-state index is 12.7. The van der Waals surface area contributed by atoms with Gasteiger partial charge in [0, 0.05) is 17.8 Å². The van der Waals surface area contributed by atoms with E-state index in [4.69, 9.17) is 0 Å². The van der Waals surface area contributed by atoms with E-state index in [1.54, 1.807) is 31.2 Å². The number of hydrogen-bond donors (Lipinski definition) is 2. The van der Waals surface area contributed by atoms with Gasteiger partial charge in [0.05, 0.1) is 4.90 Å². The summed E-state index contributed by atoms with van der Waals surface area (Å²) in [5.74, 6) is 0.0429. The predicted octanol–water partition coefficient (Wildman–Crippen LogP) is 3.49. The van der Waals surface area contributed by atoms with Crippen molar-refractivity contribution in [1.29, 1.82) is 0 Å². The first kappa shape index (κ1) is 19.0. The average molecular weight is 360 g/mol. The van der Waals surface area contributed by atoms with Gasteiger partial charge >= 0.3 is 0 Å². The summed E-state index contributed by atoms with van der Waals surface area (Å²) < 4.78 is 28.0. The van der Waals surface area contributed by atoms with Gasteiger partial charge in [-0.15, -0.1) is 0 Å². The van der Waals surface area contributed by atoms with E-state index < -0.39 is 10.0 Å². The number of sulfonamides is 1. The van der Waals surface area contributed by atoms with Crippen molar-refractivity contribution < 1.29 is 13.2 Å². The molecule has 0 unspecified atom stereocenters. The van der Waals surface area contributed by atoms with Crippen molar-refractivity contribution in [3.63, 3.8) is 0 Å². The van der Waals surface area contributed by atoms with Crippen LogP contribution in [0.2, 0.25) is 0 Å². The minimum Gasteiger partial charge on any atom is -0.352 e. The maximum atomic E-state index is 12.7. The van der Waals surface area contributed by atoms with Gasteiger partial charge < -0.3 is 5.32 Å². The van der Waals surface area contributed by atoms with Crippen LogP contribution < -0.4 is 10.0 Å². The molecule has 2 aromatic carbocycles. The van der Waals surface area contributed by atoms with Gasteiger partial charge in [0.25, 0.3) is 15.9 Å². The molecule has 0 atom stereocenters. The zero-order valence-corrected chi connectivity index (χ0v) is 15.8. The summed E-state index contributed by atoms with van der Waals surface area (Å²) in [4.78, 5) is 12.3. The van der Waals surface area contributed by atoms with Crippen molar-refractivity contribution in [2.75, 3.05) is 11.3 Å². The Labute approximate surface area is 149 Å². The Balaban J connectivity index is 2.29. The SMILES string of the molecule is Cc1ccc(NS(=O)(=O)c2cc(C(=O)NCC(C)C)ccc2C)cc1. The molecule has 0 fully saturated rings. The first-order valence-corrected chi connectivity index (χ1v) is 9.65. The van der Waals surface area contributed by atoms with Crippen molar-refractivity contribution in [3.8, 4) is 0 Å². The number of aryl methyl sites for hydroxylation is 2. The first-order valence-electron chi connectivity index (χ1n) is 8.17. The van der Waals surface area contributed by atoms with Crippen molar-refractivity contribution in [2.24, 2.45) is 5.92 Å². The molecule has 0 saturated heterocycles. The van der Waals surface area contributed by atoms with Crippen LogP contribution in [0.5, 0.6) is 0 Å². The molecule has 0 aliphatic rings. The third kappa shape index (κ3) is 5.06. The molecule has 5 nitrogen and oxygen atoms in total. The molecule has 0 aliphatic carbocycles. The summed E-state index contributed by atoms with van der Waals surface area (Å²) in [5.41, 5.74) is 2.44. The highest BCUT2D eigenvalue weighted by atomic mass is 32.2. The standard InChI is InChI=1S/C19H24N2O3S/c1-13(2)12-20-19(22)16-8-7-15(4)18(11-16)25(23,24)21-17-9-5-14(3)6-10-17/h5-11,13,21H,12H2,1-4H3,(H,20,22). The molecule has 0 bridgehead atoms. The molecule has 2 N–H and O–H groups in total. The second-order valence-corrected chi connectivity index (χ2v) is 8.21. The Kier molecular flexibility index (Phi) is 5.85. The molecular formula is C19H24N2O3S. The van der Waals surface area contributed by atoms with E-state index in [-0.39, 0.29) is 10.8 Å². The van der Waals surface area contributed by atoms with Gasteiger partial charge in [0.2, 0.25) is 0 Å². The molecule has 0 aromatic heterocycles. The number of nitrogens with one attached hydrogen (secondary N) is 2. The number of benzene rings is 2. The van der Waals surface area contributed by atoms with Crippen LogP contribution >= 0.6 is 0 Å². The van der Waals surface area contributed by atoms with Gasteiger partial charge in [-0.2, -0.15) is 0 Å². The minimum absolute atomic E-state index is 0.102. The molecule has 1 amide bonds. The van der Waals surface area contributed by atoms with Crippen LogP contribution in [0.1, 0.15) is 35.3 Å². The molecule has 0 heterocycles. The van der Waals surface area contributed by atoms with Crippen LogP contribution in [-0.2, 0) is 10.0 Å². The van der Waals surface area contributed by atoms with Gasteiger partial charge in [0.15, 0.2) is 0 Å². The lowest BCUT2D eigenvalue weighted by Gasteiger charge is -2.13. The summed E-state index contributed by atoms with van der Waals surface area (Å²) in [6.45, 7) is 8.17. The first-order chi connectivity index (χ1) is 11.7. The Bertz CT molecular complexity index is 857. The van der Waals surface area contributed by atoms with Crippen LogP contribution in [0.15, 0.2) is 47.4 Å². The van der Waals surface area contributed by atoms with E-state index >= 15 is 0 Å². The Hall–Kier alpha value is -2.34. The second kappa shape index (κ2) is 7.70. The summed E-state index contributed by atoms with van der Waals surface area (Å²) in [5, 5.41) is 2.80. The Morgan fingerprint density at radius 3 is 2.28 bits per heavy atom. The molecule has 0 saturated carbocycles. The Morgan fingerprint density at radius 2 is 1.68 bits per heavy atom. The van der Waals surface area contributed by atoms with Crippen LogP contribution in [0.4, 0.5) is 5.69 Å². The Morgan fingerprint density at radius 1 is 1.04 bits per heavy atom. The van der Waals surface area contributed by atoms with Gasteiger partial charge in [-0.25, -0.2) is 8.42 Å². The zero-order chi connectivity index (χ0) is 18.6. The topological polar surface area (TPSA) is 75.3 Å². The average Bonchev–Trinajstić information content (AvgIpc) is 2.54. The highest BCUT2D eigenvalue weighted by Gasteiger charge is 2.19. The van der Waals surface area contributed by atoms with Crippen molar-refractivity contribution in [1.82, 2.24) is 5.32 Å². The lowest BCUT2D eigenvalue weighted by molar-refractivity contribution is 0.0949. The van der Waals surface area contributed by atoms with E-state index in [1.807, 2.05) is 32.9 Å². The normalized spacial score (nSPS) is 11.4. The molecule has 134 valence electrons. The van der Waals surface area contributed by atoms with Gasteiger partial charge in [-0.3, -0.25) is 9.52 Å². The fraction of sp³-hybridized carbons (Fsp3) is 0.316. The van der Waals surface area contributed by atoms with E-state index in [2.05, 4.69) is 10.0 Å². The molecule has 25 heavy (non-hydrogen) atoms. The van der Waals surface area contributed by atoms with Gasteiger partial charge in [0.1, 0.15) is 0 Å². The van der Waals surface area contributed by atoms with Crippen LogP contribution in [0, 0.1) is 19.8 Å². The molecule has 6 heteroatoms. The van der Waals surface area contributed by atoms with Crippen LogP contribution in [0.3, 0.4) is 0 Å². The number of carbonyl (C=O) groups excluding carboxylic acids is 1. The zero-order valence-electron chi connectivity index (χ0n) is 15.0. The smallest absolute Gasteiger partial charge is 0.262 e. The summed E-state index contributed by atoms with van der Waals surface area (Å²) in [7, 11) is -3.77. The van der Waals surface area contributed by atoms with E-state index in [0.29, 0.717) is 29.3 Å². The minimum atomic E-state index is -3.77. The third-order valence-electron chi connectivity index (χ3n) is 3.71. The molecule has 0 spiro atoms. The summed E-state index contributed by atoms with van der Waals surface area (Å²) in [6, 6.07) is 11.8. The number of amides is 1. The lowest BCUT2D eigenvalue weighted by atomic mass is 10.1. The maximum Gasteiger partial charge on any atom is 0.262 e. The predicted molar refractivity (Wildman–Crippen MR) is 100 cm³/mol. The molecule has 2 rings (SSSR count). The second-order valence-electron chi connectivity index (χ2n) is 6.56. The molecule has 2 aromatic rings. The third-order valence-corrected chi connectivity index (χ3v) is 5.24. The number of carbonyl (C=O) groups is 1. The number of anilines is 1. The molecule has 0 aliphatic heterocycles. The van der Waals surface area contributed by atoms with Gasteiger partial charge in [-0.05, 0) is 49.6 Å². The molecular weight excluding hydrogens is 336 g/mol. The summed E-state index contributed by atoms with van der Waals surface area (Å²) in [6.07, 6.45) is 0. The van der Waals surface area contributed by atoms with Crippen LogP contribution in [-0.4, -0.2) is 20.9 Å². The van der Waals surface area contributed by atoms with Crippen LogP contribution in [0.25, 0.3) is 0 Å². The van der Waals surface area contributed by atoms with Crippen molar-refractivity contribution in [3.05, 3.63) is 59.2 Å². The largest absolute Gasteiger partial charge is 0.352 e. The van der Waals surface area contributed by atoms with E-state index in [1.165, 1.54) is 6.07 Å². The summed E-state index contributed by atoms with van der Waals surface area (Å²) >= 11 is 0. The molecule has 0 radical (unpaired) electrons. The fourth-order valence-electron chi connectivity index (χ4n) is 2.26. The monoisotopic (exact) mass is 360 g/mol. The number of rotatable bonds is 6. The quantitative estimate of drug-likeness (QED) is 0.828. The van der Waals surface area contributed by atoms with Gasteiger partial charge in [-0.1, -0.05) is 37.6 Å². The fourth-order valence-corrected chi connectivity index (χ4v) is 3.59.